The molecule has 0 radical (unpaired) electrons. The van der Waals surface area contributed by atoms with Gasteiger partial charge in [-0.2, -0.15) is 0 Å². The molecule has 0 unspecified atom stereocenters. The first kappa shape index (κ1) is 16.4. The van der Waals surface area contributed by atoms with Crippen molar-refractivity contribution < 1.29 is 9.59 Å². The largest absolute Gasteiger partial charge is 0.369 e. The molecule has 0 aliphatic heterocycles. The fraction of sp³-hybridized carbons (Fsp3) is 0.222. The summed E-state index contributed by atoms with van der Waals surface area (Å²) in [5, 5.41) is 0. The molecule has 114 valence electrons. The van der Waals surface area contributed by atoms with Crippen molar-refractivity contribution in [1.82, 2.24) is 0 Å². The molecule has 0 spiro atoms. The molecule has 2 rings (SSSR count). The molecule has 2 N–H and O–H groups in total. The van der Waals surface area contributed by atoms with Crippen LogP contribution in [0.5, 0.6) is 0 Å². The van der Waals surface area contributed by atoms with E-state index in [0.29, 0.717) is 12.8 Å². The zero-order chi connectivity index (χ0) is 15.9. The number of hydrogen-bond acceptors (Lipinski definition) is 2. The first-order chi connectivity index (χ1) is 10.5. The van der Waals surface area contributed by atoms with Gasteiger partial charge in [0, 0.05) is 23.2 Å². The van der Waals surface area contributed by atoms with E-state index >= 15 is 0 Å². The molecular weight excluding hydrogens is 342 g/mol. The number of nitrogens with two attached hydrogens (primary N) is 1. The quantitative estimate of drug-likeness (QED) is 0.824. The summed E-state index contributed by atoms with van der Waals surface area (Å²) in [5.74, 6) is -0.847. The minimum absolute atomic E-state index is 0.0297. The third kappa shape index (κ3) is 5.11. The number of ketones is 1. The van der Waals surface area contributed by atoms with Gasteiger partial charge in [-0.05, 0) is 29.7 Å². The molecule has 0 aromatic heterocycles. The van der Waals surface area contributed by atoms with Gasteiger partial charge in [0.25, 0.3) is 0 Å². The van der Waals surface area contributed by atoms with E-state index in [1.165, 1.54) is 0 Å². The molecule has 2 aromatic rings. The minimum atomic E-state index is -0.453. The first-order valence-corrected chi connectivity index (χ1v) is 7.93. The molecule has 0 saturated carbocycles. The maximum atomic E-state index is 12.2. The van der Waals surface area contributed by atoms with Crippen LogP contribution in [0, 0.1) is 5.92 Å². The fourth-order valence-corrected chi connectivity index (χ4v) is 2.61. The molecule has 1 atom stereocenters. The number of amides is 1. The van der Waals surface area contributed by atoms with Gasteiger partial charge >= 0.3 is 0 Å². The highest BCUT2D eigenvalue weighted by molar-refractivity contribution is 9.10. The number of rotatable bonds is 7. The summed E-state index contributed by atoms with van der Waals surface area (Å²) >= 11 is 3.36. The van der Waals surface area contributed by atoms with Gasteiger partial charge in [0.15, 0.2) is 0 Å². The molecule has 4 heteroatoms. The van der Waals surface area contributed by atoms with Crippen LogP contribution in [0.4, 0.5) is 0 Å². The highest BCUT2D eigenvalue weighted by Crippen LogP contribution is 2.16. The predicted octanol–water partition coefficient (Wildman–Crippen LogP) is 3.30. The Kier molecular flexibility index (Phi) is 5.90. The molecule has 22 heavy (non-hydrogen) atoms. The smallest absolute Gasteiger partial charge is 0.221 e. The lowest BCUT2D eigenvalue weighted by Crippen LogP contribution is -2.28. The third-order valence-electron chi connectivity index (χ3n) is 3.52. The summed E-state index contributed by atoms with van der Waals surface area (Å²) in [6.07, 6.45) is 1.01. The lowest BCUT2D eigenvalue weighted by Gasteiger charge is -2.12. The van der Waals surface area contributed by atoms with Crippen LogP contribution in [-0.2, 0) is 22.4 Å². The molecule has 0 aliphatic carbocycles. The monoisotopic (exact) mass is 359 g/mol. The molecule has 2 aromatic carbocycles. The van der Waals surface area contributed by atoms with Crippen LogP contribution in [0.2, 0.25) is 0 Å². The van der Waals surface area contributed by atoms with Crippen molar-refractivity contribution in [3.8, 4) is 0 Å². The Balaban J connectivity index is 1.97. The normalized spacial score (nSPS) is 11.9. The zero-order valence-corrected chi connectivity index (χ0v) is 13.8. The third-order valence-corrected chi connectivity index (χ3v) is 4.04. The van der Waals surface area contributed by atoms with E-state index < -0.39 is 11.8 Å². The van der Waals surface area contributed by atoms with Crippen molar-refractivity contribution in [2.24, 2.45) is 11.7 Å². The van der Waals surface area contributed by atoms with E-state index in [0.717, 1.165) is 15.6 Å². The molecule has 1 amide bonds. The zero-order valence-electron chi connectivity index (χ0n) is 12.2. The van der Waals surface area contributed by atoms with Gasteiger partial charge in [-0.15, -0.1) is 0 Å². The Morgan fingerprint density at radius 2 is 1.59 bits per heavy atom. The van der Waals surface area contributed by atoms with Gasteiger partial charge in [0.05, 0.1) is 0 Å². The van der Waals surface area contributed by atoms with Gasteiger partial charge in [-0.3, -0.25) is 9.59 Å². The molecule has 0 fully saturated rings. The summed E-state index contributed by atoms with van der Waals surface area (Å²) in [6, 6.07) is 17.2. The molecule has 3 nitrogen and oxygen atoms in total. The van der Waals surface area contributed by atoms with E-state index in [1.807, 2.05) is 54.6 Å². The van der Waals surface area contributed by atoms with Crippen molar-refractivity contribution in [2.45, 2.75) is 19.3 Å². The predicted molar refractivity (Wildman–Crippen MR) is 90.3 cm³/mol. The van der Waals surface area contributed by atoms with Crippen LogP contribution in [0.15, 0.2) is 59.1 Å². The van der Waals surface area contributed by atoms with E-state index in [4.69, 9.17) is 5.73 Å². The Bertz CT molecular complexity index is 638. The first-order valence-electron chi connectivity index (χ1n) is 7.14. The Hall–Kier alpha value is -1.94. The van der Waals surface area contributed by atoms with Crippen LogP contribution < -0.4 is 5.73 Å². The van der Waals surface area contributed by atoms with Gasteiger partial charge in [0.2, 0.25) is 5.91 Å². The van der Waals surface area contributed by atoms with Gasteiger partial charge in [-0.25, -0.2) is 0 Å². The Morgan fingerprint density at radius 3 is 2.18 bits per heavy atom. The highest BCUT2D eigenvalue weighted by Gasteiger charge is 2.20. The minimum Gasteiger partial charge on any atom is -0.369 e. The van der Waals surface area contributed by atoms with E-state index in [-0.39, 0.29) is 12.2 Å². The van der Waals surface area contributed by atoms with E-state index in [1.54, 1.807) is 0 Å². The van der Waals surface area contributed by atoms with Crippen LogP contribution in [-0.4, -0.2) is 11.7 Å². The summed E-state index contributed by atoms with van der Waals surface area (Å²) in [4.78, 5) is 23.8. The fourth-order valence-electron chi connectivity index (χ4n) is 2.35. The number of Topliss-reactive ketones (excluding diaryl/α,β-unsaturated/α-hetero) is 1. The lowest BCUT2D eigenvalue weighted by atomic mass is 9.92. The number of benzene rings is 2. The average molecular weight is 360 g/mol. The highest BCUT2D eigenvalue weighted by atomic mass is 79.9. The SMILES string of the molecule is NC(=O)[C@@H](CC(=O)Cc1ccc(Br)cc1)Cc1ccccc1. The van der Waals surface area contributed by atoms with Crippen LogP contribution >= 0.6 is 15.9 Å². The number of hydrogen-bond donors (Lipinski definition) is 1. The standard InChI is InChI=1S/C18H18BrNO2/c19-16-8-6-14(7-9-16)11-17(21)12-15(18(20)22)10-13-4-2-1-3-5-13/h1-9,15H,10-12H2,(H2,20,22)/t15-/m1/s1. The molecular formula is C18H18BrNO2. The van der Waals surface area contributed by atoms with Crippen molar-refractivity contribution >= 4 is 27.6 Å². The maximum Gasteiger partial charge on any atom is 0.221 e. The van der Waals surface area contributed by atoms with Gasteiger partial charge in [0.1, 0.15) is 5.78 Å². The number of carbonyl (C=O) groups is 2. The Morgan fingerprint density at radius 1 is 0.955 bits per heavy atom. The van der Waals surface area contributed by atoms with Crippen molar-refractivity contribution in [3.05, 3.63) is 70.2 Å². The summed E-state index contributed by atoms with van der Waals surface area (Å²) < 4.78 is 0.975. The second-order valence-corrected chi connectivity index (χ2v) is 6.25. The summed E-state index contributed by atoms with van der Waals surface area (Å²) in [6.45, 7) is 0. The number of halogens is 1. The second kappa shape index (κ2) is 7.90. The van der Waals surface area contributed by atoms with E-state index in [9.17, 15) is 9.59 Å². The summed E-state index contributed by atoms with van der Waals surface area (Å²) in [7, 11) is 0. The van der Waals surface area contributed by atoms with Crippen molar-refractivity contribution in [3.63, 3.8) is 0 Å². The molecule has 0 bridgehead atoms. The number of primary amides is 1. The summed E-state index contributed by atoms with van der Waals surface area (Å²) in [5.41, 5.74) is 7.41. The van der Waals surface area contributed by atoms with Crippen LogP contribution in [0.3, 0.4) is 0 Å². The average Bonchev–Trinajstić information content (AvgIpc) is 2.50. The number of carbonyl (C=O) groups excluding carboxylic acids is 2. The Labute approximate surface area is 138 Å². The van der Waals surface area contributed by atoms with E-state index in [2.05, 4.69) is 15.9 Å². The van der Waals surface area contributed by atoms with Crippen LogP contribution in [0.25, 0.3) is 0 Å². The van der Waals surface area contributed by atoms with Crippen molar-refractivity contribution in [1.29, 1.82) is 0 Å². The van der Waals surface area contributed by atoms with Crippen LogP contribution in [0.1, 0.15) is 17.5 Å². The molecule has 0 saturated heterocycles. The molecule has 0 aliphatic rings. The topological polar surface area (TPSA) is 60.2 Å². The maximum absolute atomic E-state index is 12.2. The molecule has 0 heterocycles. The van der Waals surface area contributed by atoms with Gasteiger partial charge in [-0.1, -0.05) is 58.4 Å². The van der Waals surface area contributed by atoms with Gasteiger partial charge < -0.3 is 5.73 Å². The van der Waals surface area contributed by atoms with Crippen molar-refractivity contribution in [2.75, 3.05) is 0 Å². The second-order valence-electron chi connectivity index (χ2n) is 5.34. The lowest BCUT2D eigenvalue weighted by molar-refractivity contribution is -0.127.